The minimum atomic E-state index is -2.98. The van der Waals surface area contributed by atoms with Gasteiger partial charge in [0.2, 0.25) is 0 Å². The minimum absolute atomic E-state index is 0.131. The number of benzene rings is 1. The van der Waals surface area contributed by atoms with Gasteiger partial charge in [0.15, 0.2) is 11.5 Å². The van der Waals surface area contributed by atoms with Crippen molar-refractivity contribution in [3.63, 3.8) is 0 Å². The lowest BCUT2D eigenvalue weighted by atomic mass is 10.2. The van der Waals surface area contributed by atoms with Crippen LogP contribution < -0.4 is 14.8 Å². The second-order valence-corrected chi connectivity index (χ2v) is 6.02. The zero-order valence-corrected chi connectivity index (χ0v) is 14.9. The highest BCUT2D eigenvalue weighted by Crippen LogP contribution is 2.31. The van der Waals surface area contributed by atoms with E-state index in [1.165, 1.54) is 19.2 Å². The third-order valence-electron chi connectivity index (χ3n) is 4.25. The number of nitrogens with zero attached hydrogens (tertiary/aromatic N) is 2. The van der Waals surface area contributed by atoms with Crippen LogP contribution in [-0.2, 0) is 6.54 Å². The number of anilines is 1. The van der Waals surface area contributed by atoms with Crippen LogP contribution in [0.5, 0.6) is 11.5 Å². The molecule has 0 saturated carbocycles. The molecule has 0 atom stereocenters. The summed E-state index contributed by atoms with van der Waals surface area (Å²) in [6.07, 6.45) is 1.64. The van der Waals surface area contributed by atoms with Crippen molar-refractivity contribution < 1.29 is 27.5 Å². The van der Waals surface area contributed by atoms with Gasteiger partial charge in [-0.1, -0.05) is 0 Å². The van der Waals surface area contributed by atoms with Gasteiger partial charge in [0.1, 0.15) is 5.76 Å². The van der Waals surface area contributed by atoms with E-state index in [0.29, 0.717) is 25.3 Å². The van der Waals surface area contributed by atoms with Crippen molar-refractivity contribution >= 4 is 11.7 Å². The van der Waals surface area contributed by atoms with Crippen LogP contribution in [0.15, 0.2) is 41.0 Å². The molecule has 3 rings (SSSR count). The van der Waals surface area contributed by atoms with Crippen molar-refractivity contribution in [3.8, 4) is 11.5 Å². The summed E-state index contributed by atoms with van der Waals surface area (Å²) in [5.41, 5.74) is 0.356. The molecule has 0 radical (unpaired) electrons. The fourth-order valence-electron chi connectivity index (χ4n) is 2.88. The summed E-state index contributed by atoms with van der Waals surface area (Å²) >= 11 is 0. The van der Waals surface area contributed by atoms with Crippen LogP contribution in [0, 0.1) is 0 Å². The lowest BCUT2D eigenvalue weighted by Gasteiger charge is -2.34. The van der Waals surface area contributed by atoms with Crippen LogP contribution in [-0.4, -0.2) is 55.7 Å². The number of nitrogens with one attached hydrogen (secondary N) is 1. The Bertz CT molecular complexity index is 747. The summed E-state index contributed by atoms with van der Waals surface area (Å²) in [6.45, 7) is 0.279. The summed E-state index contributed by atoms with van der Waals surface area (Å²) in [6, 6.07) is 7.83. The second kappa shape index (κ2) is 8.72. The second-order valence-electron chi connectivity index (χ2n) is 6.02. The van der Waals surface area contributed by atoms with E-state index >= 15 is 0 Å². The van der Waals surface area contributed by atoms with Crippen molar-refractivity contribution in [2.45, 2.75) is 13.2 Å². The SMILES string of the molecule is COc1ccc(NC(=O)N2CCN(Cc3ccco3)CC2)cc1OC(F)F. The lowest BCUT2D eigenvalue weighted by molar-refractivity contribution is -0.0511. The number of carbonyl (C=O) groups is 1. The first-order valence-electron chi connectivity index (χ1n) is 8.48. The maximum absolute atomic E-state index is 12.5. The summed E-state index contributed by atoms with van der Waals surface area (Å²) in [4.78, 5) is 16.3. The molecule has 7 nitrogen and oxygen atoms in total. The number of amides is 2. The Morgan fingerprint density at radius 3 is 2.63 bits per heavy atom. The van der Waals surface area contributed by atoms with Crippen molar-refractivity contribution in [1.29, 1.82) is 0 Å². The first-order valence-corrected chi connectivity index (χ1v) is 8.48. The first-order chi connectivity index (χ1) is 13.0. The highest BCUT2D eigenvalue weighted by Gasteiger charge is 2.22. The van der Waals surface area contributed by atoms with E-state index in [9.17, 15) is 13.6 Å². The number of urea groups is 1. The molecule has 1 aromatic carbocycles. The molecule has 2 heterocycles. The van der Waals surface area contributed by atoms with Crippen LogP contribution in [0.1, 0.15) is 5.76 Å². The molecule has 1 N–H and O–H groups in total. The Balaban J connectivity index is 1.54. The lowest BCUT2D eigenvalue weighted by Crippen LogP contribution is -2.49. The maximum Gasteiger partial charge on any atom is 0.387 e. The van der Waals surface area contributed by atoms with Crippen molar-refractivity contribution in [3.05, 3.63) is 42.4 Å². The molecule has 1 aliphatic heterocycles. The maximum atomic E-state index is 12.5. The van der Waals surface area contributed by atoms with Crippen molar-refractivity contribution in [2.24, 2.45) is 0 Å². The number of halogens is 2. The fourth-order valence-corrected chi connectivity index (χ4v) is 2.88. The number of carbonyl (C=O) groups excluding carboxylic acids is 1. The molecule has 2 amide bonds. The average Bonchev–Trinajstić information content (AvgIpc) is 3.15. The number of alkyl halides is 2. The average molecular weight is 381 g/mol. The number of furan rings is 1. The van der Waals surface area contributed by atoms with Gasteiger partial charge in [-0.2, -0.15) is 8.78 Å². The van der Waals surface area contributed by atoms with Crippen LogP contribution in [0.3, 0.4) is 0 Å². The third kappa shape index (κ3) is 5.10. The molecular formula is C18H21F2N3O4. The zero-order chi connectivity index (χ0) is 19.2. The monoisotopic (exact) mass is 381 g/mol. The third-order valence-corrected chi connectivity index (χ3v) is 4.25. The number of rotatable bonds is 6. The van der Waals surface area contributed by atoms with Crippen molar-refractivity contribution in [2.75, 3.05) is 38.6 Å². The predicted molar refractivity (Wildman–Crippen MR) is 94.2 cm³/mol. The van der Waals surface area contributed by atoms with Crippen LogP contribution >= 0.6 is 0 Å². The number of ether oxygens (including phenoxy) is 2. The van der Waals surface area contributed by atoms with Crippen molar-refractivity contribution in [1.82, 2.24) is 9.80 Å². The van der Waals surface area contributed by atoms with Gasteiger partial charge in [-0.15, -0.1) is 0 Å². The van der Waals surface area contributed by atoms with E-state index in [0.717, 1.165) is 18.8 Å². The Hall–Kier alpha value is -2.81. The molecule has 1 saturated heterocycles. The number of piperazine rings is 1. The molecule has 1 fully saturated rings. The van der Waals surface area contributed by atoms with Gasteiger partial charge < -0.3 is 24.1 Å². The number of hydrogen-bond donors (Lipinski definition) is 1. The highest BCUT2D eigenvalue weighted by atomic mass is 19.3. The first kappa shape index (κ1) is 19.0. The van der Waals surface area contributed by atoms with Crippen LogP contribution in [0.4, 0.5) is 19.3 Å². The molecule has 0 bridgehead atoms. The van der Waals surface area contributed by atoms with E-state index in [1.807, 2.05) is 12.1 Å². The topological polar surface area (TPSA) is 67.2 Å². The van der Waals surface area contributed by atoms with Crippen LogP contribution in [0.2, 0.25) is 0 Å². The standard InChI is InChI=1S/C18H21F2N3O4/c1-25-15-5-4-13(11-16(15)27-17(19)20)21-18(24)23-8-6-22(7-9-23)12-14-3-2-10-26-14/h2-5,10-11,17H,6-9,12H2,1H3,(H,21,24). The van der Waals surface area contributed by atoms with Gasteiger partial charge in [0.25, 0.3) is 0 Å². The quantitative estimate of drug-likeness (QED) is 0.832. The van der Waals surface area contributed by atoms with E-state index in [4.69, 9.17) is 9.15 Å². The summed E-state index contributed by atoms with van der Waals surface area (Å²) in [5, 5.41) is 2.71. The molecule has 2 aromatic rings. The van der Waals surface area contributed by atoms with E-state index in [2.05, 4.69) is 15.0 Å². The molecule has 9 heteroatoms. The summed E-state index contributed by atoms with van der Waals surface area (Å²) in [7, 11) is 1.36. The van der Waals surface area contributed by atoms with Gasteiger partial charge in [-0.3, -0.25) is 4.90 Å². The van der Waals surface area contributed by atoms with E-state index in [1.54, 1.807) is 17.2 Å². The molecular weight excluding hydrogens is 360 g/mol. The van der Waals surface area contributed by atoms with Gasteiger partial charge in [-0.25, -0.2) is 4.79 Å². The summed E-state index contributed by atoms with van der Waals surface area (Å²) in [5.74, 6) is 0.922. The smallest absolute Gasteiger partial charge is 0.387 e. The predicted octanol–water partition coefficient (Wildman–Crippen LogP) is 3.24. The normalized spacial score (nSPS) is 15.0. The number of methoxy groups -OCH3 is 1. The Morgan fingerprint density at radius 1 is 1.22 bits per heavy atom. The number of hydrogen-bond acceptors (Lipinski definition) is 5. The van der Waals surface area contributed by atoms with Gasteiger partial charge in [0, 0.05) is 37.9 Å². The minimum Gasteiger partial charge on any atom is -0.493 e. The van der Waals surface area contributed by atoms with Gasteiger partial charge >= 0.3 is 12.6 Å². The molecule has 0 unspecified atom stereocenters. The Morgan fingerprint density at radius 2 is 2.00 bits per heavy atom. The molecule has 0 spiro atoms. The van der Waals surface area contributed by atoms with Gasteiger partial charge in [0.05, 0.1) is 19.9 Å². The van der Waals surface area contributed by atoms with Gasteiger partial charge in [-0.05, 0) is 24.3 Å². The molecule has 0 aliphatic carbocycles. The van der Waals surface area contributed by atoms with E-state index in [-0.39, 0.29) is 17.5 Å². The molecule has 27 heavy (non-hydrogen) atoms. The fraction of sp³-hybridized carbons (Fsp3) is 0.389. The molecule has 146 valence electrons. The van der Waals surface area contributed by atoms with E-state index < -0.39 is 6.61 Å². The highest BCUT2D eigenvalue weighted by molar-refractivity contribution is 5.89. The van der Waals surface area contributed by atoms with Crippen LogP contribution in [0.25, 0.3) is 0 Å². The zero-order valence-electron chi connectivity index (χ0n) is 14.9. The Kier molecular flexibility index (Phi) is 6.12. The molecule has 1 aromatic heterocycles. The largest absolute Gasteiger partial charge is 0.493 e. The molecule has 1 aliphatic rings. The Labute approximate surface area is 155 Å². The summed E-state index contributed by atoms with van der Waals surface area (Å²) < 4.78 is 39.8.